The molecule has 2 aromatic heterocycles. The zero-order valence-corrected chi connectivity index (χ0v) is 18.6. The third-order valence-corrected chi connectivity index (χ3v) is 7.10. The van der Waals surface area contributed by atoms with Gasteiger partial charge in [-0.1, -0.05) is 26.7 Å². The summed E-state index contributed by atoms with van der Waals surface area (Å²) in [5, 5.41) is 0. The van der Waals surface area contributed by atoms with Crippen molar-refractivity contribution in [2.45, 2.75) is 78.3 Å². The average Bonchev–Trinajstić information content (AvgIpc) is 2.80. The first kappa shape index (κ1) is 19.5. The summed E-state index contributed by atoms with van der Waals surface area (Å²) in [5.41, 5.74) is 12.7. The van der Waals surface area contributed by atoms with E-state index in [2.05, 4.69) is 71.8 Å². The highest BCUT2D eigenvalue weighted by Crippen LogP contribution is 2.43. The van der Waals surface area contributed by atoms with Crippen molar-refractivity contribution in [3.63, 3.8) is 0 Å². The Balaban J connectivity index is 1.84. The summed E-state index contributed by atoms with van der Waals surface area (Å²) >= 11 is 0. The smallest absolute Gasteiger partial charge is 0.198 e. The second-order valence-electron chi connectivity index (χ2n) is 8.93. The van der Waals surface area contributed by atoms with E-state index in [9.17, 15) is 0 Å². The maximum Gasteiger partial charge on any atom is 0.213 e. The molecule has 4 heterocycles. The van der Waals surface area contributed by atoms with Gasteiger partial charge in [-0.15, -0.1) is 0 Å². The van der Waals surface area contributed by atoms with Crippen LogP contribution in [-0.2, 0) is 38.8 Å². The van der Waals surface area contributed by atoms with Crippen molar-refractivity contribution in [3.05, 3.63) is 71.0 Å². The topological polar surface area (TPSA) is 7.76 Å². The molecule has 2 aliphatic heterocycles. The molecule has 2 aliphatic rings. The van der Waals surface area contributed by atoms with Crippen molar-refractivity contribution in [2.24, 2.45) is 0 Å². The number of hydrogen-bond acceptors (Lipinski definition) is 0. The molecule has 5 rings (SSSR count). The van der Waals surface area contributed by atoms with Gasteiger partial charge in [0, 0.05) is 37.1 Å². The molecule has 0 amide bonds. The molecular weight excluding hydrogens is 364 g/mol. The number of aryl methyl sites for hydroxylation is 2. The van der Waals surface area contributed by atoms with Gasteiger partial charge in [0.05, 0.1) is 11.1 Å². The van der Waals surface area contributed by atoms with Crippen LogP contribution < -0.4 is 9.13 Å². The van der Waals surface area contributed by atoms with E-state index in [0.29, 0.717) is 0 Å². The standard InChI is InChI=1S/C28H34N2/c1-3-5-11-21-22(12-6-4-2)28-24(16-20-30-18-10-8-14-26(28)30)23-15-19-29-17-9-7-13-25(29)27(21)23/h7-10,13-14,17-18H,3-6,11-12,15-16,19-20H2,1-2H3/q+2. The maximum atomic E-state index is 2.49. The zero-order chi connectivity index (χ0) is 20.5. The van der Waals surface area contributed by atoms with Crippen LogP contribution in [0.15, 0.2) is 48.8 Å². The van der Waals surface area contributed by atoms with E-state index < -0.39 is 0 Å². The third kappa shape index (κ3) is 3.17. The molecule has 0 spiro atoms. The van der Waals surface area contributed by atoms with Gasteiger partial charge in [0.15, 0.2) is 25.5 Å². The van der Waals surface area contributed by atoms with Crippen molar-refractivity contribution in [1.82, 2.24) is 0 Å². The first-order valence-corrected chi connectivity index (χ1v) is 12.0. The molecule has 1 aromatic carbocycles. The zero-order valence-electron chi connectivity index (χ0n) is 18.6. The van der Waals surface area contributed by atoms with Crippen LogP contribution in [0.2, 0.25) is 0 Å². The largest absolute Gasteiger partial charge is 0.213 e. The lowest BCUT2D eigenvalue weighted by atomic mass is 9.76. The van der Waals surface area contributed by atoms with Crippen molar-refractivity contribution in [2.75, 3.05) is 0 Å². The fourth-order valence-electron chi connectivity index (χ4n) is 5.66. The summed E-state index contributed by atoms with van der Waals surface area (Å²) in [6, 6.07) is 13.5. The van der Waals surface area contributed by atoms with Crippen molar-refractivity contribution in [1.29, 1.82) is 0 Å². The number of pyridine rings is 2. The Morgan fingerprint density at radius 2 is 1.13 bits per heavy atom. The Bertz CT molecular complexity index is 994. The average molecular weight is 399 g/mol. The SMILES string of the molecule is CCCCc1c(CCCC)c2c(c3c1-c1cccc[n+]1CC3)CC[n+]1ccccc1-2. The lowest BCUT2D eigenvalue weighted by Crippen LogP contribution is -2.43. The first-order valence-electron chi connectivity index (χ1n) is 12.0. The molecule has 0 bridgehead atoms. The van der Waals surface area contributed by atoms with Gasteiger partial charge in [-0.05, 0) is 60.1 Å². The molecule has 3 aromatic rings. The minimum atomic E-state index is 1.10. The molecule has 0 fully saturated rings. The molecule has 2 heteroatoms. The van der Waals surface area contributed by atoms with Crippen molar-refractivity contribution < 1.29 is 9.13 Å². The fourth-order valence-corrected chi connectivity index (χ4v) is 5.66. The van der Waals surface area contributed by atoms with E-state index in [4.69, 9.17) is 0 Å². The van der Waals surface area contributed by atoms with E-state index in [1.807, 2.05) is 0 Å². The summed E-state index contributed by atoms with van der Waals surface area (Å²) in [5.74, 6) is 0. The normalized spacial score (nSPS) is 13.9. The number of nitrogens with zero attached hydrogens (tertiary/aromatic N) is 2. The minimum Gasteiger partial charge on any atom is -0.198 e. The Labute approximate surface area is 181 Å². The fraction of sp³-hybridized carbons (Fsp3) is 0.429. The van der Waals surface area contributed by atoms with Crippen LogP contribution in [0.3, 0.4) is 0 Å². The van der Waals surface area contributed by atoms with Crippen molar-refractivity contribution in [3.8, 4) is 22.5 Å². The summed E-state index contributed by atoms with van der Waals surface area (Å²) in [6.45, 7) is 6.85. The summed E-state index contributed by atoms with van der Waals surface area (Å²) in [7, 11) is 0. The van der Waals surface area contributed by atoms with Gasteiger partial charge in [-0.25, -0.2) is 0 Å². The minimum absolute atomic E-state index is 1.10. The molecule has 0 N–H and O–H groups in total. The molecule has 0 aliphatic carbocycles. The summed E-state index contributed by atoms with van der Waals surface area (Å²) < 4.78 is 4.97. The lowest BCUT2D eigenvalue weighted by Gasteiger charge is -2.29. The molecule has 0 saturated carbocycles. The van der Waals surface area contributed by atoms with Crippen LogP contribution >= 0.6 is 0 Å². The van der Waals surface area contributed by atoms with E-state index in [-0.39, 0.29) is 0 Å². The summed E-state index contributed by atoms with van der Waals surface area (Å²) in [4.78, 5) is 0. The second kappa shape index (κ2) is 8.34. The van der Waals surface area contributed by atoms with Gasteiger partial charge >= 0.3 is 0 Å². The van der Waals surface area contributed by atoms with Crippen LogP contribution in [0.5, 0.6) is 0 Å². The summed E-state index contributed by atoms with van der Waals surface area (Å²) in [6.07, 6.45) is 14.3. The first-order chi connectivity index (χ1) is 14.8. The lowest BCUT2D eigenvalue weighted by molar-refractivity contribution is -0.689. The van der Waals surface area contributed by atoms with Gasteiger partial charge in [0.25, 0.3) is 0 Å². The number of aromatic nitrogens is 2. The number of unbranched alkanes of at least 4 members (excludes halogenated alkanes) is 2. The molecule has 0 saturated heterocycles. The number of hydrogen-bond donors (Lipinski definition) is 0. The number of fused-ring (bicyclic) bond motifs is 7. The second-order valence-corrected chi connectivity index (χ2v) is 8.93. The molecular formula is C28H34N2+2. The van der Waals surface area contributed by atoms with Gasteiger partial charge in [0.1, 0.15) is 0 Å². The molecule has 0 radical (unpaired) electrons. The predicted molar refractivity (Wildman–Crippen MR) is 122 cm³/mol. The van der Waals surface area contributed by atoms with Crippen molar-refractivity contribution >= 4 is 0 Å². The van der Waals surface area contributed by atoms with Crippen LogP contribution in [0.4, 0.5) is 0 Å². The van der Waals surface area contributed by atoms with E-state index in [0.717, 1.165) is 13.1 Å². The Hall–Kier alpha value is -2.48. The van der Waals surface area contributed by atoms with E-state index in [1.54, 1.807) is 33.4 Å². The molecule has 154 valence electrons. The van der Waals surface area contributed by atoms with Crippen LogP contribution in [-0.4, -0.2) is 0 Å². The molecule has 2 nitrogen and oxygen atoms in total. The predicted octanol–water partition coefficient (Wildman–Crippen LogP) is 5.39. The molecule has 0 atom stereocenters. The maximum absolute atomic E-state index is 2.49. The van der Waals surface area contributed by atoms with Crippen LogP contribution in [0, 0.1) is 0 Å². The number of rotatable bonds is 6. The molecule has 0 unspecified atom stereocenters. The Morgan fingerprint density at radius 3 is 1.57 bits per heavy atom. The van der Waals surface area contributed by atoms with E-state index in [1.165, 1.54) is 62.8 Å². The van der Waals surface area contributed by atoms with Crippen LogP contribution in [0.1, 0.15) is 61.8 Å². The van der Waals surface area contributed by atoms with Gasteiger partial charge in [-0.2, -0.15) is 9.13 Å². The number of benzene rings is 1. The van der Waals surface area contributed by atoms with Gasteiger partial charge in [-0.3, -0.25) is 0 Å². The van der Waals surface area contributed by atoms with E-state index >= 15 is 0 Å². The highest BCUT2D eigenvalue weighted by Gasteiger charge is 2.35. The van der Waals surface area contributed by atoms with Crippen LogP contribution in [0.25, 0.3) is 22.5 Å². The van der Waals surface area contributed by atoms with Gasteiger partial charge < -0.3 is 0 Å². The third-order valence-electron chi connectivity index (χ3n) is 7.10. The van der Waals surface area contributed by atoms with Gasteiger partial charge in [0.2, 0.25) is 11.4 Å². The Morgan fingerprint density at radius 1 is 0.667 bits per heavy atom. The monoisotopic (exact) mass is 398 g/mol. The highest BCUT2D eigenvalue weighted by molar-refractivity contribution is 5.80. The quantitative estimate of drug-likeness (QED) is 0.492. The highest BCUT2D eigenvalue weighted by atomic mass is 15.0. The molecule has 30 heavy (non-hydrogen) atoms. The Kier molecular flexibility index (Phi) is 5.41.